The molecule has 0 aromatic heterocycles. The zero-order valence-electron chi connectivity index (χ0n) is 15.9. The van der Waals surface area contributed by atoms with Crippen molar-refractivity contribution in [3.8, 4) is 6.07 Å². The molecule has 1 aromatic rings. The number of nitrogens with one attached hydrogen (secondary N) is 1. The molecule has 3 atom stereocenters. The predicted molar refractivity (Wildman–Crippen MR) is 100 cm³/mol. The molecule has 142 valence electrons. The highest BCUT2D eigenvalue weighted by Crippen LogP contribution is 2.39. The monoisotopic (exact) mass is 366 g/mol. The van der Waals surface area contributed by atoms with E-state index in [1.165, 1.54) is 11.1 Å². The maximum atomic E-state index is 13.3. The Balaban J connectivity index is 1.49. The SMILES string of the molecule is CC1(C)[C@@H](C(=O)N2CCC[C@H]2C#N)NC[C@H]1C(=O)N1Cc2ccccc2C1. The molecule has 6 heteroatoms. The van der Waals surface area contributed by atoms with E-state index >= 15 is 0 Å². The number of carbonyl (C=O) groups is 2. The van der Waals surface area contributed by atoms with Gasteiger partial charge in [0, 0.05) is 31.6 Å². The lowest BCUT2D eigenvalue weighted by Gasteiger charge is -2.35. The lowest BCUT2D eigenvalue weighted by Crippen LogP contribution is -2.51. The first-order chi connectivity index (χ1) is 12.9. The highest BCUT2D eigenvalue weighted by Gasteiger charge is 2.52. The quantitative estimate of drug-likeness (QED) is 0.864. The molecule has 2 fully saturated rings. The largest absolute Gasteiger partial charge is 0.334 e. The Morgan fingerprint density at radius 2 is 1.85 bits per heavy atom. The summed E-state index contributed by atoms with van der Waals surface area (Å²) in [6, 6.07) is 9.63. The van der Waals surface area contributed by atoms with Gasteiger partial charge in [0.05, 0.1) is 18.0 Å². The molecule has 2 amide bonds. The van der Waals surface area contributed by atoms with Crippen molar-refractivity contribution in [2.24, 2.45) is 11.3 Å². The van der Waals surface area contributed by atoms with Crippen molar-refractivity contribution in [2.45, 2.75) is 51.9 Å². The average Bonchev–Trinajstić information content (AvgIpc) is 3.36. The lowest BCUT2D eigenvalue weighted by molar-refractivity contribution is -0.140. The first kappa shape index (κ1) is 18.0. The van der Waals surface area contributed by atoms with Gasteiger partial charge in [0.2, 0.25) is 11.8 Å². The Bertz CT molecular complexity index is 788. The summed E-state index contributed by atoms with van der Waals surface area (Å²) in [5.74, 6) is -0.176. The fourth-order valence-corrected chi connectivity index (χ4v) is 4.81. The van der Waals surface area contributed by atoms with Crippen molar-refractivity contribution < 1.29 is 9.59 Å². The molecule has 1 aromatic carbocycles. The van der Waals surface area contributed by atoms with Crippen LogP contribution in [0.3, 0.4) is 0 Å². The van der Waals surface area contributed by atoms with Crippen molar-refractivity contribution in [2.75, 3.05) is 13.1 Å². The summed E-state index contributed by atoms with van der Waals surface area (Å²) in [7, 11) is 0. The number of nitriles is 1. The molecule has 0 saturated carbocycles. The van der Waals surface area contributed by atoms with Crippen LogP contribution in [-0.2, 0) is 22.7 Å². The Morgan fingerprint density at radius 3 is 2.48 bits per heavy atom. The third-order valence-electron chi connectivity index (χ3n) is 6.55. The molecule has 3 heterocycles. The van der Waals surface area contributed by atoms with Crippen molar-refractivity contribution in [3.63, 3.8) is 0 Å². The second kappa shape index (κ2) is 6.65. The van der Waals surface area contributed by atoms with E-state index in [9.17, 15) is 14.9 Å². The Morgan fingerprint density at radius 1 is 1.19 bits per heavy atom. The van der Waals surface area contributed by atoms with E-state index in [2.05, 4.69) is 23.5 Å². The standard InChI is InChI=1S/C21H26N4O2/c1-21(2)17(19(26)24-12-14-6-3-4-7-15(14)13-24)11-23-18(21)20(27)25-9-5-8-16(25)10-22/h3-4,6-7,16-18,23H,5,8-9,11-13H2,1-2H3/t16-,17-,18+/m0/s1. The normalized spacial score (nSPS) is 28.9. The number of benzene rings is 1. The van der Waals surface area contributed by atoms with Crippen molar-refractivity contribution in [1.29, 1.82) is 5.26 Å². The van der Waals surface area contributed by atoms with Gasteiger partial charge >= 0.3 is 0 Å². The zero-order chi connectivity index (χ0) is 19.2. The number of nitrogens with zero attached hydrogens (tertiary/aromatic N) is 3. The molecular formula is C21H26N4O2. The van der Waals surface area contributed by atoms with Crippen LogP contribution in [0, 0.1) is 22.7 Å². The molecule has 6 nitrogen and oxygen atoms in total. The molecule has 0 spiro atoms. The Hall–Kier alpha value is -2.39. The van der Waals surface area contributed by atoms with E-state index < -0.39 is 11.5 Å². The maximum absolute atomic E-state index is 13.3. The van der Waals surface area contributed by atoms with E-state index in [1.807, 2.05) is 30.9 Å². The van der Waals surface area contributed by atoms with E-state index in [-0.39, 0.29) is 23.8 Å². The smallest absolute Gasteiger partial charge is 0.241 e. The molecule has 27 heavy (non-hydrogen) atoms. The lowest BCUT2D eigenvalue weighted by atomic mass is 9.75. The summed E-state index contributed by atoms with van der Waals surface area (Å²) in [4.78, 5) is 29.9. The fraction of sp³-hybridized carbons (Fsp3) is 0.571. The van der Waals surface area contributed by atoms with Crippen molar-refractivity contribution in [3.05, 3.63) is 35.4 Å². The number of carbonyl (C=O) groups excluding carboxylic acids is 2. The summed E-state index contributed by atoms with van der Waals surface area (Å²) in [6.45, 7) is 6.41. The maximum Gasteiger partial charge on any atom is 0.241 e. The minimum atomic E-state index is -0.495. The number of hydrogen-bond acceptors (Lipinski definition) is 4. The molecule has 3 aliphatic heterocycles. The van der Waals surface area contributed by atoms with Crippen LogP contribution in [0.1, 0.15) is 37.8 Å². The molecule has 0 radical (unpaired) electrons. The summed E-state index contributed by atoms with van der Waals surface area (Å²) in [5, 5.41) is 12.6. The first-order valence-corrected chi connectivity index (χ1v) is 9.72. The Labute approximate surface area is 160 Å². The van der Waals surface area contributed by atoms with Crippen LogP contribution < -0.4 is 5.32 Å². The molecule has 0 unspecified atom stereocenters. The van der Waals surface area contributed by atoms with Crippen LogP contribution >= 0.6 is 0 Å². The number of rotatable bonds is 2. The molecule has 2 saturated heterocycles. The van der Waals surface area contributed by atoms with E-state index in [4.69, 9.17) is 0 Å². The van der Waals surface area contributed by atoms with Gasteiger partial charge in [-0.2, -0.15) is 5.26 Å². The molecule has 4 rings (SSSR count). The molecule has 3 aliphatic rings. The van der Waals surface area contributed by atoms with Gasteiger partial charge in [0.15, 0.2) is 0 Å². The van der Waals surface area contributed by atoms with Gasteiger partial charge < -0.3 is 15.1 Å². The van der Waals surface area contributed by atoms with Gasteiger partial charge in [0.1, 0.15) is 6.04 Å². The second-order valence-corrected chi connectivity index (χ2v) is 8.50. The van der Waals surface area contributed by atoms with Crippen LogP contribution in [0.2, 0.25) is 0 Å². The minimum absolute atomic E-state index is 0.0379. The van der Waals surface area contributed by atoms with Gasteiger partial charge in [-0.15, -0.1) is 0 Å². The second-order valence-electron chi connectivity index (χ2n) is 8.50. The number of hydrogen-bond donors (Lipinski definition) is 1. The zero-order valence-corrected chi connectivity index (χ0v) is 15.9. The summed E-state index contributed by atoms with van der Waals surface area (Å²) >= 11 is 0. The minimum Gasteiger partial charge on any atom is -0.334 e. The fourth-order valence-electron chi connectivity index (χ4n) is 4.81. The van der Waals surface area contributed by atoms with Crippen molar-refractivity contribution in [1.82, 2.24) is 15.1 Å². The number of amides is 2. The van der Waals surface area contributed by atoms with Gasteiger partial charge in [-0.25, -0.2) is 0 Å². The van der Waals surface area contributed by atoms with Crippen LogP contribution in [-0.4, -0.2) is 46.8 Å². The highest BCUT2D eigenvalue weighted by molar-refractivity contribution is 5.88. The van der Waals surface area contributed by atoms with Crippen LogP contribution in [0.25, 0.3) is 0 Å². The molecular weight excluding hydrogens is 340 g/mol. The predicted octanol–water partition coefficient (Wildman–Crippen LogP) is 1.66. The highest BCUT2D eigenvalue weighted by atomic mass is 16.2. The van der Waals surface area contributed by atoms with E-state index in [1.54, 1.807) is 4.90 Å². The third kappa shape index (κ3) is 2.90. The molecule has 1 N–H and O–H groups in total. The topological polar surface area (TPSA) is 76.4 Å². The summed E-state index contributed by atoms with van der Waals surface area (Å²) in [5.41, 5.74) is 1.92. The van der Waals surface area contributed by atoms with Gasteiger partial charge in [0.25, 0.3) is 0 Å². The van der Waals surface area contributed by atoms with Crippen LogP contribution in [0.4, 0.5) is 0 Å². The number of fused-ring (bicyclic) bond motifs is 1. The van der Waals surface area contributed by atoms with Gasteiger partial charge in [-0.1, -0.05) is 38.1 Å². The third-order valence-corrected chi connectivity index (χ3v) is 6.55. The van der Waals surface area contributed by atoms with Crippen LogP contribution in [0.5, 0.6) is 0 Å². The molecule has 0 bridgehead atoms. The van der Waals surface area contributed by atoms with Gasteiger partial charge in [-0.05, 0) is 24.0 Å². The van der Waals surface area contributed by atoms with E-state index in [0.717, 1.165) is 12.8 Å². The van der Waals surface area contributed by atoms with Crippen LogP contribution in [0.15, 0.2) is 24.3 Å². The van der Waals surface area contributed by atoms with Crippen molar-refractivity contribution >= 4 is 11.8 Å². The first-order valence-electron chi connectivity index (χ1n) is 9.72. The average molecular weight is 366 g/mol. The molecule has 0 aliphatic carbocycles. The van der Waals surface area contributed by atoms with Gasteiger partial charge in [-0.3, -0.25) is 9.59 Å². The number of likely N-dealkylation sites (tertiary alicyclic amines) is 1. The summed E-state index contributed by atoms with van der Waals surface area (Å²) in [6.07, 6.45) is 1.61. The Kier molecular flexibility index (Phi) is 4.43. The summed E-state index contributed by atoms with van der Waals surface area (Å²) < 4.78 is 0. The van der Waals surface area contributed by atoms with E-state index in [0.29, 0.717) is 26.2 Å².